The van der Waals surface area contributed by atoms with Crippen molar-refractivity contribution in [2.24, 2.45) is 0 Å². The van der Waals surface area contributed by atoms with Gasteiger partial charge in [0.25, 0.3) is 0 Å². The van der Waals surface area contributed by atoms with E-state index in [2.05, 4.69) is 18.9 Å². The van der Waals surface area contributed by atoms with Crippen molar-refractivity contribution in [3.63, 3.8) is 0 Å². The van der Waals surface area contributed by atoms with Crippen molar-refractivity contribution >= 4 is 23.2 Å². The number of nitrogens with zero attached hydrogens (tertiary/aromatic N) is 2. The van der Waals surface area contributed by atoms with E-state index in [1.54, 1.807) is 6.07 Å². The van der Waals surface area contributed by atoms with Crippen LogP contribution in [0.3, 0.4) is 0 Å². The Labute approximate surface area is 129 Å². The van der Waals surface area contributed by atoms with Crippen LogP contribution in [0.1, 0.15) is 37.6 Å². The summed E-state index contributed by atoms with van der Waals surface area (Å²) in [5.74, 6) is 1.01. The third-order valence-corrected chi connectivity index (χ3v) is 3.85. The molecule has 0 spiro atoms. The molecule has 1 heterocycles. The van der Waals surface area contributed by atoms with Gasteiger partial charge in [-0.1, -0.05) is 30.7 Å². The summed E-state index contributed by atoms with van der Waals surface area (Å²) in [5.41, 5.74) is 1.77. The molecule has 0 fully saturated rings. The first-order valence-electron chi connectivity index (χ1n) is 6.65. The van der Waals surface area contributed by atoms with E-state index in [-0.39, 0.29) is 0 Å². The number of alkyl halides is 1. The molecule has 1 aromatic carbocycles. The van der Waals surface area contributed by atoms with Crippen LogP contribution in [-0.4, -0.2) is 9.78 Å². The molecule has 0 aliphatic carbocycles. The summed E-state index contributed by atoms with van der Waals surface area (Å²) < 4.78 is 7.73. The molecule has 1 atom stereocenters. The lowest BCUT2D eigenvalue weighted by Gasteiger charge is -2.11. The van der Waals surface area contributed by atoms with E-state index in [9.17, 15) is 0 Å². The molecule has 0 N–H and O–H groups in total. The SMILES string of the molecule is CCC(C)n1ccc(COc2c(Cl)cccc2CCl)n1. The average molecular weight is 313 g/mol. The monoisotopic (exact) mass is 312 g/mol. The molecule has 5 heteroatoms. The van der Waals surface area contributed by atoms with Gasteiger partial charge in [0, 0.05) is 17.8 Å². The Morgan fingerprint density at radius 3 is 2.85 bits per heavy atom. The van der Waals surface area contributed by atoms with Gasteiger partial charge in [-0.2, -0.15) is 5.10 Å². The predicted octanol–water partition coefficient (Wildman–Crippen LogP) is 4.83. The highest BCUT2D eigenvalue weighted by molar-refractivity contribution is 6.32. The molecule has 0 aliphatic rings. The van der Waals surface area contributed by atoms with Gasteiger partial charge >= 0.3 is 0 Å². The first-order valence-corrected chi connectivity index (χ1v) is 7.57. The lowest BCUT2D eigenvalue weighted by atomic mass is 10.2. The first kappa shape index (κ1) is 15.2. The number of benzene rings is 1. The van der Waals surface area contributed by atoms with Crippen LogP contribution >= 0.6 is 23.2 Å². The minimum absolute atomic E-state index is 0.372. The van der Waals surface area contributed by atoms with Gasteiger partial charge in [-0.05, 0) is 25.5 Å². The standard InChI is InChI=1S/C15H18Cl2N2O/c1-3-11(2)19-8-7-13(18-19)10-20-15-12(9-16)5-4-6-14(15)17/h4-8,11H,3,9-10H2,1-2H3. The Hall–Kier alpha value is -1.19. The smallest absolute Gasteiger partial charge is 0.142 e. The van der Waals surface area contributed by atoms with Crippen molar-refractivity contribution in [2.45, 2.75) is 38.8 Å². The molecule has 108 valence electrons. The van der Waals surface area contributed by atoms with Gasteiger partial charge in [0.15, 0.2) is 0 Å². The van der Waals surface area contributed by atoms with Gasteiger partial charge in [-0.3, -0.25) is 4.68 Å². The van der Waals surface area contributed by atoms with Gasteiger partial charge in [-0.25, -0.2) is 0 Å². The van der Waals surface area contributed by atoms with Gasteiger partial charge in [0.05, 0.1) is 16.6 Å². The summed E-state index contributed by atoms with van der Waals surface area (Å²) in [6, 6.07) is 7.92. The zero-order valence-corrected chi connectivity index (χ0v) is 13.2. The molecule has 0 radical (unpaired) electrons. The minimum Gasteiger partial charge on any atom is -0.485 e. The van der Waals surface area contributed by atoms with E-state index in [1.165, 1.54) is 0 Å². The molecule has 0 amide bonds. The highest BCUT2D eigenvalue weighted by Crippen LogP contribution is 2.30. The predicted molar refractivity (Wildman–Crippen MR) is 82.6 cm³/mol. The van der Waals surface area contributed by atoms with E-state index in [0.29, 0.717) is 29.3 Å². The molecule has 2 rings (SSSR count). The number of aromatic nitrogens is 2. The van der Waals surface area contributed by atoms with Crippen molar-refractivity contribution in [3.05, 3.63) is 46.7 Å². The van der Waals surface area contributed by atoms with Crippen LogP contribution in [0.25, 0.3) is 0 Å². The number of para-hydroxylation sites is 1. The maximum atomic E-state index is 6.14. The van der Waals surface area contributed by atoms with Crippen molar-refractivity contribution in [1.29, 1.82) is 0 Å². The summed E-state index contributed by atoms with van der Waals surface area (Å²) in [4.78, 5) is 0. The van der Waals surface area contributed by atoms with Gasteiger partial charge in [-0.15, -0.1) is 11.6 Å². The second kappa shape index (κ2) is 7.00. The van der Waals surface area contributed by atoms with E-state index in [0.717, 1.165) is 17.7 Å². The Kier molecular flexibility index (Phi) is 5.32. The van der Waals surface area contributed by atoms with Crippen molar-refractivity contribution < 1.29 is 4.74 Å². The number of hydrogen-bond donors (Lipinski definition) is 0. The summed E-state index contributed by atoms with van der Waals surface area (Å²) >= 11 is 12.0. The van der Waals surface area contributed by atoms with Crippen LogP contribution in [-0.2, 0) is 12.5 Å². The maximum absolute atomic E-state index is 6.14. The van der Waals surface area contributed by atoms with Gasteiger partial charge < -0.3 is 4.74 Å². The number of halogens is 2. The molecule has 2 aromatic rings. The number of ether oxygens (including phenoxy) is 1. The minimum atomic E-state index is 0.372. The first-order chi connectivity index (χ1) is 9.65. The van der Waals surface area contributed by atoms with Gasteiger partial charge in [0.2, 0.25) is 0 Å². The lowest BCUT2D eigenvalue weighted by Crippen LogP contribution is -2.06. The molecule has 0 aliphatic heterocycles. The third-order valence-electron chi connectivity index (χ3n) is 3.26. The maximum Gasteiger partial charge on any atom is 0.142 e. The highest BCUT2D eigenvalue weighted by atomic mass is 35.5. The third kappa shape index (κ3) is 3.47. The Morgan fingerprint density at radius 1 is 1.35 bits per heavy atom. The Bertz CT molecular complexity index is 569. The quantitative estimate of drug-likeness (QED) is 0.715. The summed E-state index contributed by atoms with van der Waals surface area (Å²) in [6.07, 6.45) is 3.02. The van der Waals surface area contributed by atoms with E-state index in [4.69, 9.17) is 27.9 Å². The molecule has 1 unspecified atom stereocenters. The Balaban J connectivity index is 2.07. The second-order valence-electron chi connectivity index (χ2n) is 4.69. The lowest BCUT2D eigenvalue weighted by molar-refractivity contribution is 0.296. The van der Waals surface area contributed by atoms with E-state index < -0.39 is 0 Å². The largest absolute Gasteiger partial charge is 0.485 e. The van der Waals surface area contributed by atoms with Crippen LogP contribution in [0.2, 0.25) is 5.02 Å². The van der Waals surface area contributed by atoms with Crippen LogP contribution in [0.15, 0.2) is 30.5 Å². The number of hydrogen-bond acceptors (Lipinski definition) is 2. The highest BCUT2D eigenvalue weighted by Gasteiger charge is 2.10. The molecule has 20 heavy (non-hydrogen) atoms. The average Bonchev–Trinajstić information content (AvgIpc) is 2.93. The van der Waals surface area contributed by atoms with E-state index in [1.807, 2.05) is 29.1 Å². The second-order valence-corrected chi connectivity index (χ2v) is 5.37. The topological polar surface area (TPSA) is 27.1 Å². The van der Waals surface area contributed by atoms with Crippen LogP contribution in [0.4, 0.5) is 0 Å². The molecular weight excluding hydrogens is 295 g/mol. The molecule has 0 saturated heterocycles. The fraction of sp³-hybridized carbons (Fsp3) is 0.400. The zero-order valence-electron chi connectivity index (χ0n) is 11.6. The fourth-order valence-electron chi connectivity index (χ4n) is 1.85. The van der Waals surface area contributed by atoms with Crippen molar-refractivity contribution in [1.82, 2.24) is 9.78 Å². The summed E-state index contributed by atoms with van der Waals surface area (Å²) in [7, 11) is 0. The molecule has 1 aromatic heterocycles. The molecular formula is C15H18Cl2N2O. The van der Waals surface area contributed by atoms with E-state index >= 15 is 0 Å². The summed E-state index contributed by atoms with van der Waals surface area (Å²) in [6.45, 7) is 4.66. The number of rotatable bonds is 6. The zero-order chi connectivity index (χ0) is 14.5. The molecule has 0 bridgehead atoms. The normalized spacial score (nSPS) is 12.4. The molecule has 3 nitrogen and oxygen atoms in total. The van der Waals surface area contributed by atoms with Crippen LogP contribution in [0, 0.1) is 0 Å². The summed E-state index contributed by atoms with van der Waals surface area (Å²) in [5, 5.41) is 5.07. The Morgan fingerprint density at radius 2 is 2.15 bits per heavy atom. The van der Waals surface area contributed by atoms with Crippen molar-refractivity contribution in [3.8, 4) is 5.75 Å². The fourth-order valence-corrected chi connectivity index (χ4v) is 2.31. The molecule has 0 saturated carbocycles. The van der Waals surface area contributed by atoms with Gasteiger partial charge in [0.1, 0.15) is 12.4 Å². The van der Waals surface area contributed by atoms with Crippen LogP contribution in [0.5, 0.6) is 5.75 Å². The van der Waals surface area contributed by atoms with Crippen molar-refractivity contribution in [2.75, 3.05) is 0 Å². The van der Waals surface area contributed by atoms with Crippen LogP contribution < -0.4 is 4.74 Å².